The number of likely N-dealkylation sites (tertiary alicyclic amines) is 1. The molecule has 1 aliphatic heterocycles. The number of hydrogen-bond acceptors (Lipinski definition) is 14. The van der Waals surface area contributed by atoms with Crippen molar-refractivity contribution in [2.24, 2.45) is 34.0 Å². The number of carbonyl (C=O) groups is 9. The van der Waals surface area contributed by atoms with E-state index >= 15 is 0 Å². The Kier molecular flexibility index (Phi) is 23.6. The Labute approximate surface area is 445 Å². The summed E-state index contributed by atoms with van der Waals surface area (Å²) in [5, 5.41) is 45.2. The van der Waals surface area contributed by atoms with Gasteiger partial charge in [-0.15, -0.1) is 0 Å². The highest BCUT2D eigenvalue weighted by atomic mass is 16.5. The number of hydrogen-bond donors (Lipinski definition) is 13. The Balaban J connectivity index is 1.59. The standard InChI is InChI=1S/C51H73N13O13/c1-6-28(4)42(48(73)60-37(23-31-25-55-26-57-31)49(74)64-20-8-10-39(64)46(71)61-38(50(75)76)22-30-13-17-33(77-5)18-14-30)63-45(70)36(21-29-11-15-32(65)16-12-29)59-47(72)41(27(2)3)62-44(69)35(9-7-19-56-51(53)54)58-43(68)34(52)24-40(66)67/h11-18,25-28,34-39,41-42,65H,6-10,19-24,52H2,1-5H3,(H,55,57)(H,58,68)(H,59,72)(H,60,73)(H,61,71)(H,62,69)(H,63,70)(H,66,67)(H,75,76)(H4,53,54,56)/t28-,34-,35-,36-,37-,38-,39-,41-,42-/m0/s1. The van der Waals surface area contributed by atoms with E-state index in [0.29, 0.717) is 35.4 Å². The zero-order chi connectivity index (χ0) is 56.9. The molecule has 77 heavy (non-hydrogen) atoms. The fourth-order valence-corrected chi connectivity index (χ4v) is 8.46. The number of guanidine groups is 1. The Morgan fingerprint density at radius 3 is 1.92 bits per heavy atom. The van der Waals surface area contributed by atoms with Gasteiger partial charge < -0.3 is 79.0 Å². The van der Waals surface area contributed by atoms with Crippen LogP contribution in [0.15, 0.2) is 66.0 Å². The number of aliphatic carboxylic acids is 2. The van der Waals surface area contributed by atoms with Gasteiger partial charge in [-0.1, -0.05) is 58.4 Å². The number of aromatic nitrogens is 2. The number of nitrogens with zero attached hydrogens (tertiary/aromatic N) is 3. The maximum absolute atomic E-state index is 14.6. The monoisotopic (exact) mass is 1080 g/mol. The largest absolute Gasteiger partial charge is 0.508 e. The Hall–Kier alpha value is -8.29. The van der Waals surface area contributed by atoms with Crippen molar-refractivity contribution >= 4 is 59.2 Å². The lowest BCUT2D eigenvalue weighted by Gasteiger charge is -2.32. The molecule has 3 aromatic rings. The number of aliphatic imine (C=N–C) groups is 1. The molecule has 0 radical (unpaired) electrons. The first-order valence-electron chi connectivity index (χ1n) is 25.3. The second kappa shape index (κ2) is 29.7. The van der Waals surface area contributed by atoms with Crippen molar-refractivity contribution in [2.45, 2.75) is 134 Å². The number of rotatable bonds is 30. The molecule has 7 amide bonds. The molecule has 9 atom stereocenters. The highest BCUT2D eigenvalue weighted by molar-refractivity contribution is 5.98. The molecule has 1 fully saturated rings. The van der Waals surface area contributed by atoms with E-state index in [2.05, 4.69) is 46.9 Å². The molecule has 0 bridgehead atoms. The smallest absolute Gasteiger partial charge is 0.326 e. The Bertz CT molecular complexity index is 2520. The summed E-state index contributed by atoms with van der Waals surface area (Å²) in [5.74, 6) is -9.18. The number of carbonyl (C=O) groups excluding carboxylic acids is 7. The summed E-state index contributed by atoms with van der Waals surface area (Å²) in [6.45, 7) is 6.88. The molecule has 420 valence electrons. The minimum Gasteiger partial charge on any atom is -0.508 e. The van der Waals surface area contributed by atoms with Gasteiger partial charge in [-0.2, -0.15) is 0 Å². The third-order valence-corrected chi connectivity index (χ3v) is 13.0. The van der Waals surface area contributed by atoms with Gasteiger partial charge in [-0.3, -0.25) is 43.3 Å². The molecule has 1 saturated heterocycles. The quantitative estimate of drug-likeness (QED) is 0.0209. The zero-order valence-corrected chi connectivity index (χ0v) is 43.8. The second-order valence-corrected chi connectivity index (χ2v) is 19.2. The van der Waals surface area contributed by atoms with Crippen LogP contribution < -0.4 is 53.8 Å². The van der Waals surface area contributed by atoms with E-state index < -0.39 is 120 Å². The summed E-state index contributed by atoms with van der Waals surface area (Å²) in [6.07, 6.45) is 2.80. The van der Waals surface area contributed by atoms with Crippen LogP contribution in [0, 0.1) is 11.8 Å². The number of ether oxygens (including phenoxy) is 1. The van der Waals surface area contributed by atoms with Gasteiger partial charge in [0, 0.05) is 44.2 Å². The van der Waals surface area contributed by atoms with E-state index in [1.807, 2.05) is 0 Å². The number of H-pyrrole nitrogens is 1. The summed E-state index contributed by atoms with van der Waals surface area (Å²) in [5.41, 5.74) is 18.2. The first-order chi connectivity index (χ1) is 36.5. The summed E-state index contributed by atoms with van der Waals surface area (Å²) in [6, 6.07) is 1.78. The topological polar surface area (TPSA) is 418 Å². The summed E-state index contributed by atoms with van der Waals surface area (Å²) in [4.78, 5) is 135. The minimum absolute atomic E-state index is 0.0545. The molecule has 0 spiro atoms. The molecule has 0 unspecified atom stereocenters. The summed E-state index contributed by atoms with van der Waals surface area (Å²) < 4.78 is 5.19. The lowest BCUT2D eigenvalue weighted by Crippen LogP contribution is -2.62. The van der Waals surface area contributed by atoms with Crippen LogP contribution >= 0.6 is 0 Å². The van der Waals surface area contributed by atoms with Crippen molar-refractivity contribution < 1.29 is 63.2 Å². The van der Waals surface area contributed by atoms with Gasteiger partial charge >= 0.3 is 11.9 Å². The molecule has 1 aliphatic rings. The molecule has 26 nitrogen and oxygen atoms in total. The van der Waals surface area contributed by atoms with Crippen LogP contribution in [0.25, 0.3) is 0 Å². The lowest BCUT2D eigenvalue weighted by atomic mass is 9.96. The van der Waals surface area contributed by atoms with Crippen LogP contribution in [0.4, 0.5) is 0 Å². The molecule has 26 heteroatoms. The maximum Gasteiger partial charge on any atom is 0.326 e. The Morgan fingerprint density at radius 1 is 0.766 bits per heavy atom. The van der Waals surface area contributed by atoms with Crippen LogP contribution in [0.3, 0.4) is 0 Å². The number of phenols is 1. The third-order valence-electron chi connectivity index (χ3n) is 13.0. The highest BCUT2D eigenvalue weighted by Crippen LogP contribution is 2.22. The molecule has 0 aliphatic carbocycles. The van der Waals surface area contributed by atoms with Gasteiger partial charge in [0.05, 0.1) is 25.9 Å². The maximum atomic E-state index is 14.6. The van der Waals surface area contributed by atoms with E-state index in [1.165, 1.54) is 48.8 Å². The van der Waals surface area contributed by atoms with E-state index in [0.717, 1.165) is 0 Å². The van der Waals surface area contributed by atoms with Crippen molar-refractivity contribution in [3.63, 3.8) is 0 Å². The van der Waals surface area contributed by atoms with E-state index in [-0.39, 0.29) is 63.3 Å². The van der Waals surface area contributed by atoms with Crippen molar-refractivity contribution in [3.8, 4) is 11.5 Å². The predicted molar refractivity (Wildman–Crippen MR) is 279 cm³/mol. The van der Waals surface area contributed by atoms with Gasteiger partial charge in [-0.05, 0) is 72.9 Å². The summed E-state index contributed by atoms with van der Waals surface area (Å²) >= 11 is 0. The number of imidazole rings is 1. The number of amides is 7. The number of nitrogens with two attached hydrogens (primary N) is 3. The van der Waals surface area contributed by atoms with Crippen molar-refractivity contribution in [3.05, 3.63) is 77.9 Å². The Morgan fingerprint density at radius 2 is 1.35 bits per heavy atom. The van der Waals surface area contributed by atoms with Crippen LogP contribution in [0.2, 0.25) is 0 Å². The zero-order valence-electron chi connectivity index (χ0n) is 43.8. The van der Waals surface area contributed by atoms with E-state index in [1.54, 1.807) is 52.0 Å². The molecule has 0 saturated carbocycles. The molecular weight excluding hydrogens is 1000 g/mol. The SMILES string of the molecule is CC[C@H](C)[C@H](NC(=O)[C@H](Cc1ccc(O)cc1)NC(=O)[C@@H](NC(=O)[C@H](CCCN=C(N)N)NC(=O)[C@@H](N)CC(=O)O)C(C)C)C(=O)N[C@@H](Cc1cnc[nH]1)C(=O)N1CCC[C@H]1C(=O)N[C@@H](Cc1ccc(OC)cc1)C(=O)O. The molecular formula is C51H73N13O13. The number of carboxylic acid groups (broad SMARTS) is 2. The fraction of sp³-hybridized carbons (Fsp3) is 0.510. The first kappa shape index (κ1) is 61.3. The summed E-state index contributed by atoms with van der Waals surface area (Å²) in [7, 11) is 1.50. The molecule has 2 aromatic carbocycles. The second-order valence-electron chi connectivity index (χ2n) is 19.2. The van der Waals surface area contributed by atoms with Crippen LogP contribution in [0.1, 0.15) is 83.0 Å². The van der Waals surface area contributed by atoms with Gasteiger partial charge in [0.1, 0.15) is 53.8 Å². The van der Waals surface area contributed by atoms with Crippen molar-refractivity contribution in [1.82, 2.24) is 46.8 Å². The van der Waals surface area contributed by atoms with Crippen molar-refractivity contribution in [2.75, 3.05) is 20.2 Å². The van der Waals surface area contributed by atoms with Gasteiger partial charge in [0.25, 0.3) is 0 Å². The van der Waals surface area contributed by atoms with E-state index in [9.17, 15) is 58.5 Å². The average Bonchev–Trinajstić information content (AvgIpc) is 4.11. The number of benzene rings is 2. The number of aromatic hydroxyl groups is 1. The lowest BCUT2D eigenvalue weighted by molar-refractivity contribution is -0.145. The normalized spacial score (nSPS) is 16.2. The van der Waals surface area contributed by atoms with Gasteiger partial charge in [0.15, 0.2) is 5.96 Å². The average molecular weight is 1080 g/mol. The molecule has 1 aromatic heterocycles. The number of carboxylic acids is 2. The molecule has 4 rings (SSSR count). The molecule has 16 N–H and O–H groups in total. The van der Waals surface area contributed by atoms with Gasteiger partial charge in [-0.25, -0.2) is 9.78 Å². The fourth-order valence-electron chi connectivity index (χ4n) is 8.46. The number of aromatic amines is 1. The molecule has 2 heterocycles. The van der Waals surface area contributed by atoms with Crippen molar-refractivity contribution in [1.29, 1.82) is 0 Å². The third kappa shape index (κ3) is 19.1. The predicted octanol–water partition coefficient (Wildman–Crippen LogP) is -1.31. The van der Waals surface area contributed by atoms with Crippen LogP contribution in [0.5, 0.6) is 11.5 Å². The van der Waals surface area contributed by atoms with Gasteiger partial charge in [0.2, 0.25) is 41.4 Å². The number of phenolic OH excluding ortho intramolecular Hbond substituents is 1. The first-order valence-corrected chi connectivity index (χ1v) is 25.3. The van der Waals surface area contributed by atoms with E-state index in [4.69, 9.17) is 21.9 Å². The number of nitrogens with one attached hydrogen (secondary N) is 7. The van der Waals surface area contributed by atoms with Crippen LogP contribution in [-0.2, 0) is 62.4 Å². The minimum atomic E-state index is -1.51. The highest BCUT2D eigenvalue weighted by Gasteiger charge is 2.41. The van der Waals surface area contributed by atoms with Crippen LogP contribution in [-0.4, -0.2) is 158 Å². The number of methoxy groups -OCH3 is 1.